The van der Waals surface area contributed by atoms with Gasteiger partial charge in [0.05, 0.1) is 5.69 Å². The van der Waals surface area contributed by atoms with Crippen LogP contribution in [0.4, 0.5) is 0 Å². The number of methoxy groups -OCH3 is 1. The molecule has 20 heavy (non-hydrogen) atoms. The van der Waals surface area contributed by atoms with Gasteiger partial charge in [0, 0.05) is 32.2 Å². The quantitative estimate of drug-likeness (QED) is 0.867. The van der Waals surface area contributed by atoms with E-state index in [0.29, 0.717) is 25.5 Å². The van der Waals surface area contributed by atoms with Crippen LogP contribution in [-0.4, -0.2) is 46.9 Å². The second-order valence-electron chi connectivity index (χ2n) is 5.98. The first kappa shape index (κ1) is 13.6. The fraction of sp³-hybridized carbons (Fsp3) is 0.714. The zero-order chi connectivity index (χ0) is 14.3. The van der Waals surface area contributed by atoms with Gasteiger partial charge in [-0.25, -0.2) is 0 Å². The SMILES string of the molecule is COCc1cc(C2CN(C(=O)C(C)(O)C3CC3)C2)no1. The summed E-state index contributed by atoms with van der Waals surface area (Å²) in [7, 11) is 1.60. The van der Waals surface area contributed by atoms with E-state index in [9.17, 15) is 9.90 Å². The number of carbonyl (C=O) groups excluding carboxylic acids is 1. The molecule has 110 valence electrons. The first-order valence-electron chi connectivity index (χ1n) is 6.98. The van der Waals surface area contributed by atoms with Gasteiger partial charge in [-0.05, 0) is 25.7 Å². The minimum Gasteiger partial charge on any atom is -0.380 e. The van der Waals surface area contributed by atoms with Crippen LogP contribution < -0.4 is 0 Å². The lowest BCUT2D eigenvalue weighted by Crippen LogP contribution is -2.57. The predicted octanol–water partition coefficient (Wildman–Crippen LogP) is 0.908. The Morgan fingerprint density at radius 1 is 1.60 bits per heavy atom. The Labute approximate surface area is 117 Å². The van der Waals surface area contributed by atoms with Crippen molar-refractivity contribution in [2.75, 3.05) is 20.2 Å². The van der Waals surface area contributed by atoms with Crippen LogP contribution in [0, 0.1) is 5.92 Å². The van der Waals surface area contributed by atoms with Gasteiger partial charge in [0.1, 0.15) is 12.2 Å². The summed E-state index contributed by atoms with van der Waals surface area (Å²) in [5, 5.41) is 14.3. The number of nitrogens with zero attached hydrogens (tertiary/aromatic N) is 2. The van der Waals surface area contributed by atoms with Crippen molar-refractivity contribution in [3.8, 4) is 0 Å². The lowest BCUT2D eigenvalue weighted by atomic mass is 9.91. The number of hydrogen-bond donors (Lipinski definition) is 1. The van der Waals surface area contributed by atoms with Crippen molar-refractivity contribution in [2.45, 2.75) is 37.9 Å². The van der Waals surface area contributed by atoms with Crippen molar-refractivity contribution in [1.29, 1.82) is 0 Å². The van der Waals surface area contributed by atoms with Gasteiger partial charge in [-0.2, -0.15) is 0 Å². The maximum absolute atomic E-state index is 12.2. The van der Waals surface area contributed by atoms with Gasteiger partial charge in [0.15, 0.2) is 5.76 Å². The molecule has 0 spiro atoms. The van der Waals surface area contributed by atoms with Crippen LogP contribution >= 0.6 is 0 Å². The normalized spacial score (nSPS) is 22.4. The summed E-state index contributed by atoms with van der Waals surface area (Å²) in [5.74, 6) is 0.867. The summed E-state index contributed by atoms with van der Waals surface area (Å²) in [6.45, 7) is 3.23. The van der Waals surface area contributed by atoms with Gasteiger partial charge in [0.25, 0.3) is 5.91 Å². The van der Waals surface area contributed by atoms with E-state index in [4.69, 9.17) is 9.26 Å². The van der Waals surface area contributed by atoms with Crippen LogP contribution in [0.5, 0.6) is 0 Å². The van der Waals surface area contributed by atoms with Crippen molar-refractivity contribution in [2.24, 2.45) is 5.92 Å². The number of aliphatic hydroxyl groups is 1. The number of hydrogen-bond acceptors (Lipinski definition) is 5. The van der Waals surface area contributed by atoms with Crippen LogP contribution in [0.3, 0.4) is 0 Å². The summed E-state index contributed by atoms with van der Waals surface area (Å²) >= 11 is 0. The molecule has 1 atom stereocenters. The lowest BCUT2D eigenvalue weighted by Gasteiger charge is -2.41. The lowest BCUT2D eigenvalue weighted by molar-refractivity contribution is -0.156. The van der Waals surface area contributed by atoms with E-state index in [1.54, 1.807) is 18.9 Å². The molecule has 0 bridgehead atoms. The number of ether oxygens (including phenoxy) is 1. The summed E-state index contributed by atoms with van der Waals surface area (Å²) in [6, 6.07) is 1.87. The van der Waals surface area contributed by atoms with E-state index in [0.717, 1.165) is 18.5 Å². The zero-order valence-corrected chi connectivity index (χ0v) is 11.8. The molecule has 0 aromatic carbocycles. The minimum atomic E-state index is -1.20. The van der Waals surface area contributed by atoms with Gasteiger partial charge in [-0.1, -0.05) is 5.16 Å². The van der Waals surface area contributed by atoms with Crippen molar-refractivity contribution in [3.63, 3.8) is 0 Å². The van der Waals surface area contributed by atoms with E-state index in [2.05, 4.69) is 5.16 Å². The Morgan fingerprint density at radius 2 is 2.30 bits per heavy atom. The molecular weight excluding hydrogens is 260 g/mol. The third-order valence-corrected chi connectivity index (χ3v) is 4.26. The Balaban J connectivity index is 1.56. The highest BCUT2D eigenvalue weighted by molar-refractivity contribution is 5.86. The molecule has 6 heteroatoms. The van der Waals surface area contributed by atoms with Crippen LogP contribution in [-0.2, 0) is 16.1 Å². The average molecular weight is 280 g/mol. The van der Waals surface area contributed by atoms with Crippen LogP contribution in [0.1, 0.15) is 37.1 Å². The molecule has 1 saturated carbocycles. The minimum absolute atomic E-state index is 0.134. The Morgan fingerprint density at radius 3 is 2.90 bits per heavy atom. The van der Waals surface area contributed by atoms with E-state index < -0.39 is 5.60 Å². The van der Waals surface area contributed by atoms with Crippen LogP contribution in [0.25, 0.3) is 0 Å². The molecule has 1 aliphatic heterocycles. The molecular formula is C14H20N2O4. The first-order valence-corrected chi connectivity index (χ1v) is 6.98. The third kappa shape index (κ3) is 2.33. The first-order chi connectivity index (χ1) is 9.52. The van der Waals surface area contributed by atoms with E-state index in [1.807, 2.05) is 6.07 Å². The number of carbonyl (C=O) groups is 1. The van der Waals surface area contributed by atoms with Crippen molar-refractivity contribution >= 4 is 5.91 Å². The highest BCUT2D eigenvalue weighted by atomic mass is 16.5. The second kappa shape index (κ2) is 4.86. The van der Waals surface area contributed by atoms with Crippen molar-refractivity contribution in [3.05, 3.63) is 17.5 Å². The molecule has 2 fully saturated rings. The van der Waals surface area contributed by atoms with E-state index in [-0.39, 0.29) is 17.7 Å². The Kier molecular flexibility index (Phi) is 3.30. The molecule has 0 radical (unpaired) electrons. The fourth-order valence-corrected chi connectivity index (χ4v) is 2.70. The number of likely N-dealkylation sites (tertiary alicyclic amines) is 1. The van der Waals surface area contributed by atoms with Crippen molar-refractivity contribution in [1.82, 2.24) is 10.1 Å². The molecule has 1 saturated heterocycles. The summed E-state index contributed by atoms with van der Waals surface area (Å²) < 4.78 is 10.1. The predicted molar refractivity (Wildman–Crippen MR) is 69.9 cm³/mol. The summed E-state index contributed by atoms with van der Waals surface area (Å²) in [6.07, 6.45) is 1.89. The van der Waals surface area contributed by atoms with Crippen molar-refractivity contribution < 1.29 is 19.2 Å². The number of rotatable bonds is 5. The van der Waals surface area contributed by atoms with E-state index in [1.165, 1.54) is 0 Å². The molecule has 1 amide bonds. The maximum atomic E-state index is 12.2. The van der Waals surface area contributed by atoms with Gasteiger partial charge in [-0.3, -0.25) is 4.79 Å². The molecule has 1 aromatic rings. The fourth-order valence-electron chi connectivity index (χ4n) is 2.70. The number of amides is 1. The zero-order valence-electron chi connectivity index (χ0n) is 11.8. The standard InChI is InChI=1S/C14H20N2O4/c1-14(18,10-3-4-10)13(17)16-6-9(7-16)12-5-11(8-19-2)20-15-12/h5,9-10,18H,3-4,6-8H2,1-2H3. The molecule has 3 rings (SSSR count). The summed E-state index contributed by atoms with van der Waals surface area (Å²) in [4.78, 5) is 13.9. The second-order valence-corrected chi connectivity index (χ2v) is 5.98. The molecule has 2 aliphatic rings. The summed E-state index contributed by atoms with van der Waals surface area (Å²) in [5.41, 5.74) is -0.345. The monoisotopic (exact) mass is 280 g/mol. The Hall–Kier alpha value is -1.40. The molecule has 1 unspecified atom stereocenters. The molecule has 1 N–H and O–H groups in total. The largest absolute Gasteiger partial charge is 0.380 e. The molecule has 1 aliphatic carbocycles. The smallest absolute Gasteiger partial charge is 0.254 e. The van der Waals surface area contributed by atoms with Gasteiger partial charge in [-0.15, -0.1) is 0 Å². The highest BCUT2D eigenvalue weighted by Gasteiger charge is 2.49. The number of aromatic nitrogens is 1. The van der Waals surface area contributed by atoms with Crippen LogP contribution in [0.2, 0.25) is 0 Å². The van der Waals surface area contributed by atoms with E-state index >= 15 is 0 Å². The van der Waals surface area contributed by atoms with Gasteiger partial charge < -0.3 is 19.3 Å². The van der Waals surface area contributed by atoms with Gasteiger partial charge in [0.2, 0.25) is 0 Å². The Bertz CT molecular complexity index is 501. The van der Waals surface area contributed by atoms with Gasteiger partial charge >= 0.3 is 0 Å². The highest BCUT2D eigenvalue weighted by Crippen LogP contribution is 2.41. The average Bonchev–Trinajstić information content (AvgIpc) is 3.11. The third-order valence-electron chi connectivity index (χ3n) is 4.26. The maximum Gasteiger partial charge on any atom is 0.254 e. The molecule has 1 aromatic heterocycles. The molecule has 6 nitrogen and oxygen atoms in total. The molecule has 2 heterocycles. The topological polar surface area (TPSA) is 75.8 Å². The van der Waals surface area contributed by atoms with Crippen LogP contribution in [0.15, 0.2) is 10.6 Å².